The summed E-state index contributed by atoms with van der Waals surface area (Å²) in [5.41, 5.74) is 1.57. The third-order valence-corrected chi connectivity index (χ3v) is 4.31. The van der Waals surface area contributed by atoms with Gasteiger partial charge in [-0.25, -0.2) is 4.98 Å². The van der Waals surface area contributed by atoms with E-state index < -0.39 is 0 Å². The first kappa shape index (κ1) is 15.6. The Morgan fingerprint density at radius 1 is 1.22 bits per heavy atom. The first-order valence-corrected chi connectivity index (χ1v) is 8.46. The third kappa shape index (κ3) is 3.94. The van der Waals surface area contributed by atoms with Gasteiger partial charge in [0.2, 0.25) is 5.91 Å². The van der Waals surface area contributed by atoms with Crippen molar-refractivity contribution < 1.29 is 4.79 Å². The fourth-order valence-corrected chi connectivity index (χ4v) is 3.13. The van der Waals surface area contributed by atoms with E-state index >= 15 is 0 Å². The smallest absolute Gasteiger partial charge is 0.251 e. The van der Waals surface area contributed by atoms with Gasteiger partial charge in [0, 0.05) is 27.7 Å². The number of thiazole rings is 1. The minimum atomic E-state index is -0.292. The number of nitrogens with one attached hydrogen (secondary N) is 1. The highest BCUT2D eigenvalue weighted by molar-refractivity contribution is 9.10. The van der Waals surface area contributed by atoms with Gasteiger partial charge in [0.1, 0.15) is 6.54 Å². The lowest BCUT2D eigenvalue weighted by molar-refractivity contribution is -0.116. The molecule has 2 aromatic heterocycles. The van der Waals surface area contributed by atoms with E-state index in [0.717, 1.165) is 15.7 Å². The van der Waals surface area contributed by atoms with E-state index in [0.29, 0.717) is 5.13 Å². The van der Waals surface area contributed by atoms with Crippen LogP contribution in [0.2, 0.25) is 0 Å². The molecule has 0 bridgehead atoms. The summed E-state index contributed by atoms with van der Waals surface area (Å²) >= 11 is 4.63. The van der Waals surface area contributed by atoms with Gasteiger partial charge >= 0.3 is 0 Å². The molecule has 116 valence electrons. The molecule has 1 N–H and O–H groups in total. The van der Waals surface area contributed by atoms with E-state index in [2.05, 4.69) is 26.2 Å². The van der Waals surface area contributed by atoms with Crippen LogP contribution in [-0.2, 0) is 11.3 Å². The monoisotopic (exact) mass is 389 g/mol. The molecule has 0 unspecified atom stereocenters. The summed E-state index contributed by atoms with van der Waals surface area (Å²) in [5.74, 6) is -0.292. The van der Waals surface area contributed by atoms with E-state index in [9.17, 15) is 9.59 Å². The Bertz CT molecular complexity index is 890. The summed E-state index contributed by atoms with van der Waals surface area (Å²) in [6.45, 7) is -0.0570. The highest BCUT2D eigenvalue weighted by Crippen LogP contribution is 2.24. The molecule has 1 aromatic carbocycles. The van der Waals surface area contributed by atoms with E-state index in [4.69, 9.17) is 0 Å². The molecule has 1 amide bonds. The van der Waals surface area contributed by atoms with Gasteiger partial charge in [-0.15, -0.1) is 11.3 Å². The molecule has 0 radical (unpaired) electrons. The Morgan fingerprint density at radius 2 is 2.00 bits per heavy atom. The number of carbonyl (C=O) groups is 1. The average molecular weight is 390 g/mol. The molecule has 0 saturated carbocycles. The maximum absolute atomic E-state index is 12.1. The molecule has 0 atom stereocenters. The second-order valence-corrected chi connectivity index (χ2v) is 6.54. The Labute approximate surface area is 144 Å². The first-order chi connectivity index (χ1) is 11.1. The van der Waals surface area contributed by atoms with Crippen molar-refractivity contribution in [3.05, 3.63) is 68.9 Å². The Balaban J connectivity index is 1.70. The van der Waals surface area contributed by atoms with Gasteiger partial charge in [-0.3, -0.25) is 9.59 Å². The number of amides is 1. The summed E-state index contributed by atoms with van der Waals surface area (Å²) in [4.78, 5) is 28.2. The van der Waals surface area contributed by atoms with Gasteiger partial charge in [0.05, 0.1) is 5.69 Å². The van der Waals surface area contributed by atoms with Crippen LogP contribution in [0.1, 0.15) is 0 Å². The number of pyridine rings is 1. The third-order valence-electron chi connectivity index (χ3n) is 3.08. The standard InChI is InChI=1S/C16H12BrN3O2S/c17-12-6-7-15(22)20(8-12)9-14(21)19-16-18-13(10-23-16)11-4-2-1-3-5-11/h1-8,10H,9H2,(H,18,19,21). The fraction of sp³-hybridized carbons (Fsp3) is 0.0625. The fourth-order valence-electron chi connectivity index (χ4n) is 2.01. The molecule has 7 heteroatoms. The van der Waals surface area contributed by atoms with Crippen LogP contribution < -0.4 is 10.9 Å². The molecule has 2 heterocycles. The number of carbonyl (C=O) groups excluding carboxylic acids is 1. The molecular formula is C16H12BrN3O2S. The Hall–Kier alpha value is -2.25. The zero-order valence-corrected chi connectivity index (χ0v) is 14.3. The van der Waals surface area contributed by atoms with E-state index in [1.54, 1.807) is 12.3 Å². The van der Waals surface area contributed by atoms with Crippen LogP contribution in [0.25, 0.3) is 11.3 Å². The zero-order chi connectivity index (χ0) is 16.2. The van der Waals surface area contributed by atoms with Crippen molar-refractivity contribution in [2.75, 3.05) is 5.32 Å². The quantitative estimate of drug-likeness (QED) is 0.743. The summed E-state index contributed by atoms with van der Waals surface area (Å²) in [6.07, 6.45) is 1.58. The van der Waals surface area contributed by atoms with Crippen molar-refractivity contribution in [3.63, 3.8) is 0 Å². The van der Waals surface area contributed by atoms with Gasteiger partial charge in [0.15, 0.2) is 5.13 Å². The molecule has 0 spiro atoms. The Kier molecular flexibility index (Phi) is 4.68. The molecular weight excluding hydrogens is 378 g/mol. The van der Waals surface area contributed by atoms with Crippen LogP contribution in [0.15, 0.2) is 63.3 Å². The van der Waals surface area contributed by atoms with Gasteiger partial charge in [-0.1, -0.05) is 30.3 Å². The maximum Gasteiger partial charge on any atom is 0.251 e. The summed E-state index contributed by atoms with van der Waals surface area (Å²) in [6, 6.07) is 12.8. The summed E-state index contributed by atoms with van der Waals surface area (Å²) in [5, 5.41) is 5.12. The second-order valence-electron chi connectivity index (χ2n) is 4.77. The molecule has 0 aliphatic heterocycles. The van der Waals surface area contributed by atoms with Crippen molar-refractivity contribution >= 4 is 38.3 Å². The molecule has 0 saturated heterocycles. The van der Waals surface area contributed by atoms with Crippen molar-refractivity contribution in [1.82, 2.24) is 9.55 Å². The largest absolute Gasteiger partial charge is 0.305 e. The SMILES string of the molecule is O=C(Cn1cc(Br)ccc1=O)Nc1nc(-c2ccccc2)cs1. The van der Waals surface area contributed by atoms with Crippen LogP contribution in [0.5, 0.6) is 0 Å². The van der Waals surface area contributed by atoms with Gasteiger partial charge in [-0.2, -0.15) is 0 Å². The van der Waals surface area contributed by atoms with Crippen LogP contribution in [-0.4, -0.2) is 15.5 Å². The average Bonchev–Trinajstić information content (AvgIpc) is 3.00. The molecule has 5 nitrogen and oxygen atoms in total. The minimum Gasteiger partial charge on any atom is -0.305 e. The number of hydrogen-bond acceptors (Lipinski definition) is 4. The number of halogens is 1. The van der Waals surface area contributed by atoms with E-state index in [1.165, 1.54) is 22.0 Å². The van der Waals surface area contributed by atoms with Crippen LogP contribution in [0.4, 0.5) is 5.13 Å². The summed E-state index contributed by atoms with van der Waals surface area (Å²) < 4.78 is 2.08. The van der Waals surface area contributed by atoms with Crippen molar-refractivity contribution in [1.29, 1.82) is 0 Å². The molecule has 3 aromatic rings. The minimum absolute atomic E-state index is 0.0570. The lowest BCUT2D eigenvalue weighted by Crippen LogP contribution is -2.26. The van der Waals surface area contributed by atoms with Gasteiger partial charge < -0.3 is 9.88 Å². The number of benzene rings is 1. The number of nitrogens with zero attached hydrogens (tertiary/aromatic N) is 2. The highest BCUT2D eigenvalue weighted by atomic mass is 79.9. The van der Waals surface area contributed by atoms with Crippen molar-refractivity contribution in [2.24, 2.45) is 0 Å². The molecule has 3 rings (SSSR count). The molecule has 23 heavy (non-hydrogen) atoms. The zero-order valence-electron chi connectivity index (χ0n) is 11.9. The lowest BCUT2D eigenvalue weighted by atomic mass is 10.2. The van der Waals surface area contributed by atoms with E-state index in [-0.39, 0.29) is 18.0 Å². The lowest BCUT2D eigenvalue weighted by Gasteiger charge is -2.05. The predicted octanol–water partition coefficient (Wildman–Crippen LogP) is 3.37. The van der Waals surface area contributed by atoms with Crippen LogP contribution in [0.3, 0.4) is 0 Å². The van der Waals surface area contributed by atoms with Crippen molar-refractivity contribution in [3.8, 4) is 11.3 Å². The van der Waals surface area contributed by atoms with Gasteiger partial charge in [-0.05, 0) is 22.0 Å². The van der Waals surface area contributed by atoms with E-state index in [1.807, 2.05) is 35.7 Å². The number of hydrogen-bond donors (Lipinski definition) is 1. The molecule has 0 aliphatic carbocycles. The van der Waals surface area contributed by atoms with Gasteiger partial charge in [0.25, 0.3) is 5.56 Å². The maximum atomic E-state index is 12.1. The van der Waals surface area contributed by atoms with Crippen molar-refractivity contribution in [2.45, 2.75) is 6.54 Å². The highest BCUT2D eigenvalue weighted by Gasteiger charge is 2.09. The number of rotatable bonds is 4. The summed E-state index contributed by atoms with van der Waals surface area (Å²) in [7, 11) is 0. The van der Waals surface area contributed by atoms with Crippen LogP contribution >= 0.6 is 27.3 Å². The van der Waals surface area contributed by atoms with Crippen LogP contribution in [0, 0.1) is 0 Å². The Morgan fingerprint density at radius 3 is 2.78 bits per heavy atom. The normalized spacial score (nSPS) is 10.5. The molecule has 0 aliphatic rings. The molecule has 0 fully saturated rings. The number of anilines is 1. The topological polar surface area (TPSA) is 64.0 Å². The number of aromatic nitrogens is 2. The predicted molar refractivity (Wildman–Crippen MR) is 94.6 cm³/mol. The second kappa shape index (κ2) is 6.89. The first-order valence-electron chi connectivity index (χ1n) is 6.78.